The minimum absolute atomic E-state index is 0.0222. The maximum Gasteiger partial charge on any atom is 0.225 e. The third-order valence-electron chi connectivity index (χ3n) is 2.48. The maximum absolute atomic E-state index is 11.8. The summed E-state index contributed by atoms with van der Waals surface area (Å²) >= 11 is 1.59. The van der Waals surface area contributed by atoms with Crippen LogP contribution in [0.3, 0.4) is 0 Å². The Morgan fingerprint density at radius 1 is 1.47 bits per heavy atom. The highest BCUT2D eigenvalue weighted by molar-refractivity contribution is 7.10. The zero-order chi connectivity index (χ0) is 12.3. The van der Waals surface area contributed by atoms with Gasteiger partial charge in [0.15, 0.2) is 0 Å². The molecule has 2 heterocycles. The molecule has 0 aliphatic carbocycles. The topological polar surface area (TPSA) is 42.2 Å². The highest BCUT2D eigenvalue weighted by Gasteiger charge is 2.13. The van der Waals surface area contributed by atoms with Crippen molar-refractivity contribution in [2.24, 2.45) is 0 Å². The molecular formula is C13H15NO2S. The van der Waals surface area contributed by atoms with Gasteiger partial charge in [-0.05, 0) is 37.4 Å². The van der Waals surface area contributed by atoms with Crippen LogP contribution in [-0.4, -0.2) is 5.91 Å². The lowest BCUT2D eigenvalue weighted by Crippen LogP contribution is -2.27. The van der Waals surface area contributed by atoms with E-state index in [9.17, 15) is 4.79 Å². The Kier molecular flexibility index (Phi) is 3.64. The molecule has 0 unspecified atom stereocenters. The van der Waals surface area contributed by atoms with Gasteiger partial charge >= 0.3 is 0 Å². The lowest BCUT2D eigenvalue weighted by Gasteiger charge is -2.10. The second-order valence-corrected chi connectivity index (χ2v) is 5.03. The zero-order valence-corrected chi connectivity index (χ0v) is 10.7. The molecule has 90 valence electrons. The fourth-order valence-corrected chi connectivity index (χ4v) is 2.32. The number of thiophene rings is 1. The van der Waals surface area contributed by atoms with Crippen LogP contribution in [0.2, 0.25) is 0 Å². The molecule has 0 aliphatic rings. The normalized spacial score (nSPS) is 12.4. The molecule has 0 fully saturated rings. The molecule has 0 bridgehead atoms. The van der Waals surface area contributed by atoms with E-state index in [1.165, 1.54) is 0 Å². The van der Waals surface area contributed by atoms with E-state index in [2.05, 4.69) is 5.32 Å². The van der Waals surface area contributed by atoms with Crippen molar-refractivity contribution in [1.82, 2.24) is 5.32 Å². The van der Waals surface area contributed by atoms with Gasteiger partial charge in [-0.15, -0.1) is 11.3 Å². The Balaban J connectivity index is 1.90. The van der Waals surface area contributed by atoms with E-state index >= 15 is 0 Å². The fraction of sp³-hybridized carbons (Fsp3) is 0.308. The molecule has 0 spiro atoms. The summed E-state index contributed by atoms with van der Waals surface area (Å²) in [6.07, 6.45) is 0.432. The third kappa shape index (κ3) is 3.20. The molecule has 0 saturated heterocycles. The second kappa shape index (κ2) is 5.19. The van der Waals surface area contributed by atoms with Crippen LogP contribution in [0.1, 0.15) is 29.4 Å². The molecule has 1 atom stereocenters. The van der Waals surface area contributed by atoms with Gasteiger partial charge in [0, 0.05) is 4.88 Å². The average molecular weight is 249 g/mol. The molecule has 2 rings (SSSR count). The number of aryl methyl sites for hydroxylation is 1. The van der Waals surface area contributed by atoms with Crippen LogP contribution in [0, 0.1) is 6.92 Å². The fourth-order valence-electron chi connectivity index (χ4n) is 1.62. The Bertz CT molecular complexity index is 487. The van der Waals surface area contributed by atoms with Gasteiger partial charge in [0.25, 0.3) is 0 Å². The smallest absolute Gasteiger partial charge is 0.225 e. The Morgan fingerprint density at radius 2 is 2.29 bits per heavy atom. The molecule has 4 heteroatoms. The summed E-state index contributed by atoms with van der Waals surface area (Å²) in [5.74, 6) is 1.68. The Morgan fingerprint density at radius 3 is 2.88 bits per heavy atom. The summed E-state index contributed by atoms with van der Waals surface area (Å²) in [6.45, 7) is 3.81. The molecule has 0 radical (unpaired) electrons. The van der Waals surface area contributed by atoms with Crippen molar-refractivity contribution in [3.8, 4) is 0 Å². The molecular weight excluding hydrogens is 234 g/mol. The van der Waals surface area contributed by atoms with Gasteiger partial charge in [-0.1, -0.05) is 6.07 Å². The number of rotatable bonds is 4. The van der Waals surface area contributed by atoms with E-state index in [-0.39, 0.29) is 11.9 Å². The van der Waals surface area contributed by atoms with Crippen molar-refractivity contribution >= 4 is 17.2 Å². The first-order valence-electron chi connectivity index (χ1n) is 5.53. The predicted molar refractivity (Wildman–Crippen MR) is 68.0 cm³/mol. The van der Waals surface area contributed by atoms with Crippen molar-refractivity contribution in [3.05, 3.63) is 46.0 Å². The van der Waals surface area contributed by atoms with Crippen molar-refractivity contribution in [3.63, 3.8) is 0 Å². The highest BCUT2D eigenvalue weighted by atomic mass is 32.1. The standard InChI is InChI=1S/C13H15NO2S/c1-9-5-6-12(16-9)10(2)14-13(15)8-11-4-3-7-17-11/h3-7,10H,8H2,1-2H3,(H,14,15)/t10-/m1/s1. The first kappa shape index (κ1) is 11.9. The monoisotopic (exact) mass is 249 g/mol. The SMILES string of the molecule is Cc1ccc([C@@H](C)NC(=O)Cc2cccs2)o1. The second-order valence-electron chi connectivity index (χ2n) is 3.99. The first-order valence-corrected chi connectivity index (χ1v) is 6.41. The molecule has 0 aromatic carbocycles. The predicted octanol–water partition coefficient (Wildman–Crippen LogP) is 3.07. The molecule has 2 aromatic rings. The van der Waals surface area contributed by atoms with E-state index in [0.717, 1.165) is 16.4 Å². The molecule has 1 amide bonds. The number of carbonyl (C=O) groups excluding carboxylic acids is 1. The van der Waals surface area contributed by atoms with Gasteiger partial charge in [0.05, 0.1) is 12.5 Å². The summed E-state index contributed by atoms with van der Waals surface area (Å²) < 4.78 is 5.47. The van der Waals surface area contributed by atoms with Crippen LogP contribution in [0.15, 0.2) is 34.1 Å². The van der Waals surface area contributed by atoms with Crippen LogP contribution >= 0.6 is 11.3 Å². The van der Waals surface area contributed by atoms with Crippen LogP contribution in [0.4, 0.5) is 0 Å². The van der Waals surface area contributed by atoms with E-state index in [4.69, 9.17) is 4.42 Å². The van der Waals surface area contributed by atoms with Crippen LogP contribution in [0.25, 0.3) is 0 Å². The number of amides is 1. The van der Waals surface area contributed by atoms with E-state index < -0.39 is 0 Å². The van der Waals surface area contributed by atoms with E-state index in [1.54, 1.807) is 11.3 Å². The molecule has 0 saturated carbocycles. The summed E-state index contributed by atoms with van der Waals surface area (Å²) in [5, 5.41) is 4.90. The summed E-state index contributed by atoms with van der Waals surface area (Å²) in [7, 11) is 0. The van der Waals surface area contributed by atoms with Gasteiger partial charge in [0.1, 0.15) is 11.5 Å². The highest BCUT2D eigenvalue weighted by Crippen LogP contribution is 2.16. The molecule has 1 N–H and O–H groups in total. The van der Waals surface area contributed by atoms with Crippen LogP contribution < -0.4 is 5.32 Å². The Hall–Kier alpha value is -1.55. The number of furan rings is 1. The number of hydrogen-bond donors (Lipinski definition) is 1. The molecule has 0 aliphatic heterocycles. The summed E-state index contributed by atoms with van der Waals surface area (Å²) in [4.78, 5) is 12.8. The summed E-state index contributed by atoms with van der Waals surface area (Å²) in [6, 6.07) is 7.62. The largest absolute Gasteiger partial charge is 0.464 e. The molecule has 3 nitrogen and oxygen atoms in total. The van der Waals surface area contributed by atoms with Crippen molar-refractivity contribution < 1.29 is 9.21 Å². The third-order valence-corrected chi connectivity index (χ3v) is 3.36. The van der Waals surface area contributed by atoms with Crippen LogP contribution in [-0.2, 0) is 11.2 Å². The van der Waals surface area contributed by atoms with E-state index in [0.29, 0.717) is 6.42 Å². The molecule has 2 aromatic heterocycles. The quantitative estimate of drug-likeness (QED) is 0.904. The van der Waals surface area contributed by atoms with E-state index in [1.807, 2.05) is 43.5 Å². The lowest BCUT2D eigenvalue weighted by molar-refractivity contribution is -0.121. The average Bonchev–Trinajstić information content (AvgIpc) is 2.89. The number of hydrogen-bond acceptors (Lipinski definition) is 3. The van der Waals surface area contributed by atoms with Gasteiger partial charge in [-0.25, -0.2) is 0 Å². The number of nitrogens with one attached hydrogen (secondary N) is 1. The summed E-state index contributed by atoms with van der Waals surface area (Å²) in [5.41, 5.74) is 0. The minimum atomic E-state index is -0.0869. The van der Waals surface area contributed by atoms with Crippen LogP contribution in [0.5, 0.6) is 0 Å². The number of carbonyl (C=O) groups is 1. The lowest BCUT2D eigenvalue weighted by atomic mass is 10.2. The maximum atomic E-state index is 11.8. The van der Waals surface area contributed by atoms with Gasteiger partial charge < -0.3 is 9.73 Å². The first-order chi connectivity index (χ1) is 8.15. The zero-order valence-electron chi connectivity index (χ0n) is 9.90. The van der Waals surface area contributed by atoms with Crippen molar-refractivity contribution in [1.29, 1.82) is 0 Å². The van der Waals surface area contributed by atoms with Crippen molar-refractivity contribution in [2.45, 2.75) is 26.3 Å². The minimum Gasteiger partial charge on any atom is -0.464 e. The van der Waals surface area contributed by atoms with Gasteiger partial charge in [-0.2, -0.15) is 0 Å². The van der Waals surface area contributed by atoms with Gasteiger partial charge in [0.2, 0.25) is 5.91 Å². The van der Waals surface area contributed by atoms with Gasteiger partial charge in [-0.3, -0.25) is 4.79 Å². The van der Waals surface area contributed by atoms with Crippen molar-refractivity contribution in [2.75, 3.05) is 0 Å². The molecule has 17 heavy (non-hydrogen) atoms. The Labute approximate surface area is 104 Å².